The third-order valence-electron chi connectivity index (χ3n) is 2.43. The van der Waals surface area contributed by atoms with E-state index in [4.69, 9.17) is 0 Å². The quantitative estimate of drug-likeness (QED) is 0.685. The molecule has 0 bridgehead atoms. The molecule has 0 radical (unpaired) electrons. The first-order valence-electron chi connectivity index (χ1n) is 6.47. The van der Waals surface area contributed by atoms with E-state index in [1.54, 1.807) is 12.3 Å². The second-order valence-electron chi connectivity index (χ2n) is 3.69. The van der Waals surface area contributed by atoms with Gasteiger partial charge in [0.15, 0.2) is 0 Å². The molecule has 0 unspecified atom stereocenters. The molecule has 20 heavy (non-hydrogen) atoms. The van der Waals surface area contributed by atoms with Crippen molar-refractivity contribution in [3.05, 3.63) is 30.4 Å². The van der Waals surface area contributed by atoms with E-state index in [1.807, 2.05) is 38.8 Å². The van der Waals surface area contributed by atoms with Crippen LogP contribution in [0.2, 0.25) is 0 Å². The molecular formula is C14H20N5W-. The van der Waals surface area contributed by atoms with Crippen molar-refractivity contribution < 1.29 is 21.1 Å². The SMILES string of the molecule is CC.CCN(C)c1nc(C)nc(-c2c[c-]ncc2)n1.[W]. The Balaban J connectivity index is 0.00000115. The summed E-state index contributed by atoms with van der Waals surface area (Å²) in [6.07, 6.45) is 4.46. The fraction of sp³-hybridized carbons (Fsp3) is 0.429. The van der Waals surface area contributed by atoms with Crippen LogP contribution in [0.3, 0.4) is 0 Å². The molecular weight excluding hydrogens is 422 g/mol. The van der Waals surface area contributed by atoms with Gasteiger partial charge < -0.3 is 9.88 Å². The Morgan fingerprint density at radius 3 is 2.45 bits per heavy atom. The van der Waals surface area contributed by atoms with Crippen molar-refractivity contribution >= 4 is 5.95 Å². The molecule has 0 spiro atoms. The van der Waals surface area contributed by atoms with Gasteiger partial charge in [0.2, 0.25) is 5.95 Å². The summed E-state index contributed by atoms with van der Waals surface area (Å²) in [5.41, 5.74) is 0.899. The Bertz CT molecular complexity index is 504. The van der Waals surface area contributed by atoms with Crippen LogP contribution in [0.1, 0.15) is 26.6 Å². The van der Waals surface area contributed by atoms with Gasteiger partial charge in [-0.1, -0.05) is 31.8 Å². The molecule has 0 aromatic carbocycles. The van der Waals surface area contributed by atoms with Gasteiger partial charge in [0.25, 0.3) is 0 Å². The first kappa shape index (κ1) is 18.6. The molecule has 2 rings (SSSR count). The van der Waals surface area contributed by atoms with Crippen molar-refractivity contribution in [1.29, 1.82) is 0 Å². The van der Waals surface area contributed by atoms with Crippen LogP contribution in [0.15, 0.2) is 18.3 Å². The van der Waals surface area contributed by atoms with Crippen LogP contribution in [0.5, 0.6) is 0 Å². The van der Waals surface area contributed by atoms with Crippen LogP contribution in [0.4, 0.5) is 5.95 Å². The van der Waals surface area contributed by atoms with E-state index in [0.29, 0.717) is 17.6 Å². The van der Waals surface area contributed by atoms with Gasteiger partial charge in [-0.25, -0.2) is 9.97 Å². The first-order valence-corrected chi connectivity index (χ1v) is 6.47. The first-order chi connectivity index (χ1) is 9.20. The minimum absolute atomic E-state index is 0. The van der Waals surface area contributed by atoms with Gasteiger partial charge >= 0.3 is 0 Å². The van der Waals surface area contributed by atoms with Crippen LogP contribution >= 0.6 is 0 Å². The molecule has 2 heterocycles. The van der Waals surface area contributed by atoms with Crippen molar-refractivity contribution in [2.45, 2.75) is 27.7 Å². The average molecular weight is 442 g/mol. The summed E-state index contributed by atoms with van der Waals surface area (Å²) in [5, 5.41) is 0. The minimum atomic E-state index is 0. The minimum Gasteiger partial charge on any atom is -0.394 e. The molecule has 6 heteroatoms. The smallest absolute Gasteiger partial charge is 0.227 e. The summed E-state index contributed by atoms with van der Waals surface area (Å²) >= 11 is 0. The monoisotopic (exact) mass is 442 g/mol. The zero-order valence-electron chi connectivity index (χ0n) is 12.6. The largest absolute Gasteiger partial charge is 0.394 e. The predicted octanol–water partition coefficient (Wildman–Crippen LogP) is 2.52. The molecule has 2 aromatic heterocycles. The third kappa shape index (κ3) is 4.97. The standard InChI is InChI=1S/C12H14N5.C2H6.W/c1-4-17(3)12-15-9(2)14-11(16-12)10-5-7-13-8-6-10;1-2;/h5-7H,4H2,1-3H3;1-2H3;/q-1;;. The predicted molar refractivity (Wildman–Crippen MR) is 76.9 cm³/mol. The van der Waals surface area contributed by atoms with E-state index in [0.717, 1.165) is 12.1 Å². The van der Waals surface area contributed by atoms with E-state index >= 15 is 0 Å². The van der Waals surface area contributed by atoms with Gasteiger partial charge in [-0.05, 0) is 13.8 Å². The summed E-state index contributed by atoms with van der Waals surface area (Å²) < 4.78 is 0. The maximum Gasteiger partial charge on any atom is 0.227 e. The molecule has 5 nitrogen and oxygen atoms in total. The second-order valence-corrected chi connectivity index (χ2v) is 3.69. The Hall–Kier alpha value is -1.35. The molecule has 0 aliphatic heterocycles. The molecule has 0 saturated carbocycles. The fourth-order valence-corrected chi connectivity index (χ4v) is 1.36. The fourth-order valence-electron chi connectivity index (χ4n) is 1.36. The van der Waals surface area contributed by atoms with Gasteiger partial charge in [0.1, 0.15) is 11.6 Å². The van der Waals surface area contributed by atoms with Crippen molar-refractivity contribution in [2.75, 3.05) is 18.5 Å². The van der Waals surface area contributed by atoms with Crippen LogP contribution in [-0.4, -0.2) is 33.5 Å². The Kier molecular flexibility index (Phi) is 8.89. The Morgan fingerprint density at radius 2 is 1.90 bits per heavy atom. The maximum atomic E-state index is 4.43. The normalized spacial score (nSPS) is 9.05. The summed E-state index contributed by atoms with van der Waals surface area (Å²) in [5.74, 6) is 2.06. The van der Waals surface area contributed by atoms with E-state index < -0.39 is 0 Å². The number of hydrogen-bond donors (Lipinski definition) is 0. The van der Waals surface area contributed by atoms with Crippen LogP contribution in [0, 0.1) is 13.1 Å². The van der Waals surface area contributed by atoms with Crippen LogP contribution < -0.4 is 4.90 Å². The van der Waals surface area contributed by atoms with Crippen molar-refractivity contribution in [3.63, 3.8) is 0 Å². The molecule has 108 valence electrons. The van der Waals surface area contributed by atoms with Crippen molar-refractivity contribution in [3.8, 4) is 11.4 Å². The summed E-state index contributed by atoms with van der Waals surface area (Å²) in [6, 6.07) is 3.63. The zero-order chi connectivity index (χ0) is 14.3. The maximum absolute atomic E-state index is 4.43. The van der Waals surface area contributed by atoms with Crippen LogP contribution in [0.25, 0.3) is 11.4 Å². The second kappa shape index (κ2) is 9.54. The molecule has 0 saturated heterocycles. The number of hydrogen-bond acceptors (Lipinski definition) is 5. The molecule has 0 atom stereocenters. The number of anilines is 1. The zero-order valence-corrected chi connectivity index (χ0v) is 15.5. The molecule has 2 aromatic rings. The van der Waals surface area contributed by atoms with Crippen LogP contribution in [-0.2, 0) is 21.1 Å². The molecule has 0 N–H and O–H groups in total. The van der Waals surface area contributed by atoms with Gasteiger partial charge in [-0.15, -0.1) is 12.1 Å². The van der Waals surface area contributed by atoms with E-state index in [1.165, 1.54) is 0 Å². The molecule has 0 amide bonds. The van der Waals surface area contributed by atoms with Gasteiger partial charge in [-0.2, -0.15) is 4.98 Å². The summed E-state index contributed by atoms with van der Waals surface area (Å²) in [4.78, 5) is 18.9. The summed E-state index contributed by atoms with van der Waals surface area (Å²) in [7, 11) is 1.96. The number of pyridine rings is 1. The topological polar surface area (TPSA) is 54.8 Å². The number of nitrogens with zero attached hydrogens (tertiary/aromatic N) is 5. The van der Waals surface area contributed by atoms with Gasteiger partial charge in [-0.3, -0.25) is 0 Å². The Morgan fingerprint density at radius 1 is 1.20 bits per heavy atom. The van der Waals surface area contributed by atoms with E-state index in [9.17, 15) is 0 Å². The van der Waals surface area contributed by atoms with Gasteiger partial charge in [0.05, 0.1) is 0 Å². The van der Waals surface area contributed by atoms with E-state index in [2.05, 4.69) is 33.1 Å². The average Bonchev–Trinajstić information content (AvgIpc) is 2.48. The number of rotatable bonds is 3. The molecule has 0 aliphatic carbocycles. The van der Waals surface area contributed by atoms with Gasteiger partial charge in [0, 0.05) is 34.7 Å². The van der Waals surface area contributed by atoms with Crippen molar-refractivity contribution in [2.24, 2.45) is 0 Å². The number of aryl methyl sites for hydroxylation is 1. The third-order valence-corrected chi connectivity index (χ3v) is 2.43. The molecule has 0 fully saturated rings. The summed E-state index contributed by atoms with van der Waals surface area (Å²) in [6.45, 7) is 8.77. The number of aromatic nitrogens is 4. The van der Waals surface area contributed by atoms with E-state index in [-0.39, 0.29) is 21.1 Å². The molecule has 0 aliphatic rings. The Labute approximate surface area is 135 Å². The van der Waals surface area contributed by atoms with Crippen molar-refractivity contribution in [1.82, 2.24) is 19.9 Å².